The molecule has 4 nitrogen and oxygen atoms in total. The van der Waals surface area contributed by atoms with Gasteiger partial charge in [0.15, 0.2) is 0 Å². The molecule has 4 heteroatoms. The van der Waals surface area contributed by atoms with Crippen molar-refractivity contribution in [1.82, 2.24) is 0 Å². The van der Waals surface area contributed by atoms with Gasteiger partial charge in [0.2, 0.25) is 0 Å². The first-order chi connectivity index (χ1) is 12.1. The minimum Gasteiger partial charge on any atom is -0.461 e. The number of allylic oxidation sites excluding steroid dienone is 4. The number of hydrogen-bond acceptors (Lipinski definition) is 4. The molecule has 0 unspecified atom stereocenters. The van der Waals surface area contributed by atoms with Crippen LogP contribution < -0.4 is 0 Å². The Morgan fingerprint density at radius 3 is 2.73 bits per heavy atom. The number of epoxide rings is 1. The van der Waals surface area contributed by atoms with Crippen LogP contribution in [0.15, 0.2) is 34.9 Å². The normalized spacial score (nSPS) is 38.2. The first kappa shape index (κ1) is 20.9. The van der Waals surface area contributed by atoms with Crippen LogP contribution in [-0.2, 0) is 14.3 Å². The minimum atomic E-state index is -0.866. The highest BCUT2D eigenvalue weighted by Gasteiger charge is 2.51. The molecule has 2 rings (SSSR count). The Morgan fingerprint density at radius 1 is 1.31 bits per heavy atom. The van der Waals surface area contributed by atoms with E-state index in [0.29, 0.717) is 13.0 Å². The van der Waals surface area contributed by atoms with Gasteiger partial charge in [-0.3, -0.25) is 4.79 Å². The summed E-state index contributed by atoms with van der Waals surface area (Å²) in [4.78, 5) is 11.1. The molecule has 1 N–H and O–H groups in total. The number of fused-ring (bicyclic) bond motifs is 1. The molecule has 1 fully saturated rings. The summed E-state index contributed by atoms with van der Waals surface area (Å²) >= 11 is 0. The second-order valence-electron chi connectivity index (χ2n) is 8.32. The molecule has 2 aliphatic rings. The molecule has 0 bridgehead atoms. The quantitative estimate of drug-likeness (QED) is 0.442. The first-order valence-electron chi connectivity index (χ1n) is 9.68. The predicted molar refractivity (Wildman–Crippen MR) is 104 cm³/mol. The van der Waals surface area contributed by atoms with E-state index in [2.05, 4.69) is 19.9 Å². The van der Waals surface area contributed by atoms with Gasteiger partial charge in [0, 0.05) is 6.92 Å². The second kappa shape index (κ2) is 8.53. The second-order valence-corrected chi connectivity index (χ2v) is 8.32. The standard InChI is InChI=1S/C22H34O4/c1-16-7-6-12-22(5)20(26-22)11-14-21(4,24)13-10-19(9-8-16)17(2)15-25-18(3)23/h7,10,13,20,24H,6,8-9,11-12,14-15H2,1-5H3/b13-10+,16-7+,19-17-/t20-,21+,22-/m0/s1. The van der Waals surface area contributed by atoms with E-state index < -0.39 is 5.60 Å². The van der Waals surface area contributed by atoms with Crippen molar-refractivity contribution >= 4 is 5.97 Å². The summed E-state index contributed by atoms with van der Waals surface area (Å²) in [6.07, 6.45) is 11.9. The summed E-state index contributed by atoms with van der Waals surface area (Å²) in [7, 11) is 0. The number of carbonyl (C=O) groups excluding carboxylic acids is 1. The van der Waals surface area contributed by atoms with Crippen molar-refractivity contribution in [2.45, 2.75) is 90.4 Å². The zero-order chi connectivity index (χ0) is 19.4. The third-order valence-corrected chi connectivity index (χ3v) is 5.55. The Bertz CT molecular complexity index is 612. The van der Waals surface area contributed by atoms with Crippen LogP contribution in [0.3, 0.4) is 0 Å². The highest BCUT2D eigenvalue weighted by molar-refractivity contribution is 5.66. The van der Waals surface area contributed by atoms with Crippen molar-refractivity contribution in [3.63, 3.8) is 0 Å². The summed E-state index contributed by atoms with van der Waals surface area (Å²) in [5, 5.41) is 10.7. The van der Waals surface area contributed by atoms with Crippen LogP contribution in [0.1, 0.15) is 73.1 Å². The highest BCUT2D eigenvalue weighted by Crippen LogP contribution is 2.44. The van der Waals surface area contributed by atoms with E-state index in [1.54, 1.807) is 0 Å². The molecule has 0 aromatic carbocycles. The predicted octanol–water partition coefficient (Wildman–Crippen LogP) is 4.63. The van der Waals surface area contributed by atoms with Crippen LogP contribution in [0.25, 0.3) is 0 Å². The van der Waals surface area contributed by atoms with Gasteiger partial charge >= 0.3 is 5.97 Å². The number of hydrogen-bond donors (Lipinski definition) is 1. The van der Waals surface area contributed by atoms with E-state index in [4.69, 9.17) is 9.47 Å². The van der Waals surface area contributed by atoms with Gasteiger partial charge < -0.3 is 14.6 Å². The molecule has 26 heavy (non-hydrogen) atoms. The van der Waals surface area contributed by atoms with Crippen LogP contribution in [0.4, 0.5) is 0 Å². The average molecular weight is 363 g/mol. The number of aliphatic hydroxyl groups is 1. The molecule has 0 radical (unpaired) electrons. The SMILES string of the molecule is CC(=O)OC/C(C)=C1\C=C\[C@@](C)(O)CC[C@@H]2O[C@@]2(C)CC/C=C(\C)CC1. The lowest BCUT2D eigenvalue weighted by Gasteiger charge is -2.20. The van der Waals surface area contributed by atoms with Gasteiger partial charge in [-0.25, -0.2) is 0 Å². The zero-order valence-electron chi connectivity index (χ0n) is 16.9. The molecule has 0 aromatic heterocycles. The molecule has 1 saturated heterocycles. The molecule has 1 aliphatic heterocycles. The summed E-state index contributed by atoms with van der Waals surface area (Å²) in [6, 6.07) is 0. The monoisotopic (exact) mass is 362 g/mol. The number of rotatable bonds is 2. The van der Waals surface area contributed by atoms with Crippen LogP contribution >= 0.6 is 0 Å². The summed E-state index contributed by atoms with van der Waals surface area (Å²) < 4.78 is 11.1. The van der Waals surface area contributed by atoms with E-state index in [1.165, 1.54) is 12.5 Å². The van der Waals surface area contributed by atoms with Crippen LogP contribution in [0.5, 0.6) is 0 Å². The lowest BCUT2D eigenvalue weighted by molar-refractivity contribution is -0.139. The Balaban J connectivity index is 2.18. The average Bonchev–Trinajstić information content (AvgIpc) is 3.20. The fourth-order valence-electron chi connectivity index (χ4n) is 3.44. The van der Waals surface area contributed by atoms with Crippen molar-refractivity contribution in [3.8, 4) is 0 Å². The molecule has 1 aliphatic carbocycles. The topological polar surface area (TPSA) is 59.1 Å². The van der Waals surface area contributed by atoms with Crippen molar-refractivity contribution in [2.75, 3.05) is 6.61 Å². The molecular weight excluding hydrogens is 328 g/mol. The lowest BCUT2D eigenvalue weighted by Crippen LogP contribution is -2.22. The van der Waals surface area contributed by atoms with Gasteiger partial charge in [0.25, 0.3) is 0 Å². The van der Waals surface area contributed by atoms with E-state index in [1.807, 2.05) is 26.0 Å². The Hall–Kier alpha value is -1.39. The van der Waals surface area contributed by atoms with Crippen molar-refractivity contribution in [3.05, 3.63) is 34.9 Å². The van der Waals surface area contributed by atoms with E-state index in [9.17, 15) is 9.90 Å². The first-order valence-corrected chi connectivity index (χ1v) is 9.68. The van der Waals surface area contributed by atoms with Crippen LogP contribution in [0.2, 0.25) is 0 Å². The molecule has 0 saturated carbocycles. The number of ether oxygens (including phenoxy) is 2. The summed E-state index contributed by atoms with van der Waals surface area (Å²) in [6.45, 7) is 9.90. The van der Waals surface area contributed by atoms with Crippen LogP contribution in [0, 0.1) is 0 Å². The van der Waals surface area contributed by atoms with Crippen molar-refractivity contribution in [2.24, 2.45) is 0 Å². The summed E-state index contributed by atoms with van der Waals surface area (Å²) in [5.41, 5.74) is 2.64. The molecule has 0 spiro atoms. The van der Waals surface area contributed by atoms with E-state index in [0.717, 1.165) is 43.3 Å². The van der Waals surface area contributed by atoms with Gasteiger partial charge in [-0.1, -0.05) is 23.8 Å². The third kappa shape index (κ3) is 6.40. The molecule has 0 amide bonds. The minimum absolute atomic E-state index is 0.0215. The van der Waals surface area contributed by atoms with Gasteiger partial charge in [0.05, 0.1) is 17.3 Å². The zero-order valence-corrected chi connectivity index (χ0v) is 16.9. The van der Waals surface area contributed by atoms with Gasteiger partial charge in [-0.05, 0) is 77.4 Å². The molecule has 0 aromatic rings. The number of carbonyl (C=O) groups is 1. The maximum absolute atomic E-state index is 11.1. The third-order valence-electron chi connectivity index (χ3n) is 5.55. The molecule has 1 heterocycles. The Kier molecular flexibility index (Phi) is 6.86. The smallest absolute Gasteiger partial charge is 0.302 e. The maximum Gasteiger partial charge on any atom is 0.302 e. The fraction of sp³-hybridized carbons (Fsp3) is 0.682. The molecule has 3 atom stereocenters. The molecule has 146 valence electrons. The Labute approximate surface area is 158 Å². The fourth-order valence-corrected chi connectivity index (χ4v) is 3.44. The van der Waals surface area contributed by atoms with Gasteiger partial charge in [-0.15, -0.1) is 0 Å². The maximum atomic E-state index is 11.1. The lowest BCUT2D eigenvalue weighted by atomic mass is 9.90. The Morgan fingerprint density at radius 2 is 2.04 bits per heavy atom. The van der Waals surface area contributed by atoms with Crippen molar-refractivity contribution < 1.29 is 19.4 Å². The highest BCUT2D eigenvalue weighted by atomic mass is 16.6. The largest absolute Gasteiger partial charge is 0.461 e. The van der Waals surface area contributed by atoms with E-state index in [-0.39, 0.29) is 17.7 Å². The summed E-state index contributed by atoms with van der Waals surface area (Å²) in [5.74, 6) is -0.273. The van der Waals surface area contributed by atoms with Crippen molar-refractivity contribution in [1.29, 1.82) is 0 Å². The van der Waals surface area contributed by atoms with Gasteiger partial charge in [0.1, 0.15) is 6.61 Å². The van der Waals surface area contributed by atoms with Gasteiger partial charge in [-0.2, -0.15) is 0 Å². The van der Waals surface area contributed by atoms with Crippen LogP contribution in [-0.4, -0.2) is 35.0 Å². The van der Waals surface area contributed by atoms with E-state index >= 15 is 0 Å². The number of esters is 1. The molecular formula is C22H34O4.